The zero-order chi connectivity index (χ0) is 40.9. The van der Waals surface area contributed by atoms with E-state index in [9.17, 15) is 0 Å². The molecule has 60 heavy (non-hydrogen) atoms. The molecule has 9 aromatic rings. The Labute approximate surface area is 354 Å². The molecule has 2 aliphatic rings. The highest BCUT2D eigenvalue weighted by atomic mass is 15.1. The van der Waals surface area contributed by atoms with Gasteiger partial charge in [-0.05, 0) is 141 Å². The van der Waals surface area contributed by atoms with Gasteiger partial charge in [0.2, 0.25) is 0 Å². The molecule has 2 aliphatic carbocycles. The molecule has 0 amide bonds. The summed E-state index contributed by atoms with van der Waals surface area (Å²) >= 11 is 0. The number of aryl methyl sites for hydroxylation is 2. The van der Waals surface area contributed by atoms with Crippen molar-refractivity contribution < 1.29 is 0 Å². The summed E-state index contributed by atoms with van der Waals surface area (Å²) in [5.41, 5.74) is 20.3. The molecule has 0 aromatic heterocycles. The van der Waals surface area contributed by atoms with Crippen molar-refractivity contribution in [3.63, 3.8) is 0 Å². The highest BCUT2D eigenvalue weighted by molar-refractivity contribution is 6.02. The van der Waals surface area contributed by atoms with Crippen LogP contribution in [0.15, 0.2) is 182 Å². The number of benzene rings is 9. The van der Waals surface area contributed by atoms with Gasteiger partial charge in [-0.3, -0.25) is 0 Å². The van der Waals surface area contributed by atoms with Crippen LogP contribution in [0.2, 0.25) is 0 Å². The van der Waals surface area contributed by atoms with E-state index in [1.165, 1.54) is 99.9 Å². The van der Waals surface area contributed by atoms with Crippen LogP contribution in [0.3, 0.4) is 0 Å². The van der Waals surface area contributed by atoms with Gasteiger partial charge in [-0.2, -0.15) is 0 Å². The first-order chi connectivity index (χ1) is 29.1. The molecular formula is C58H48N2. The molecule has 0 heterocycles. The summed E-state index contributed by atoms with van der Waals surface area (Å²) in [7, 11) is 0. The lowest BCUT2D eigenvalue weighted by Crippen LogP contribution is -2.24. The quantitative estimate of drug-likeness (QED) is 0.166. The van der Waals surface area contributed by atoms with Gasteiger partial charge < -0.3 is 9.80 Å². The normalized spacial score (nSPS) is 14.1. The standard InChI is InChI=1S/C58H48N2/c1-37-33-43(59(41-23-9-7-10-24-41)51-29-17-21-39-19-13-15-27-45(39)51)35-49-53(37)47-31-32-48-54-38(2)34-44(36-50(54)58(5,6)56(48)55(47)57(49,3)4)60(42-25-11-8-12-26-42)52-30-18-22-40-20-14-16-28-46(40)52/h7-36H,1-6H3. The molecule has 0 saturated heterocycles. The van der Waals surface area contributed by atoms with Gasteiger partial charge in [-0.25, -0.2) is 0 Å². The van der Waals surface area contributed by atoms with Gasteiger partial charge in [0, 0.05) is 44.4 Å². The molecule has 0 radical (unpaired) electrons. The second-order valence-corrected chi connectivity index (χ2v) is 17.9. The Balaban J connectivity index is 1.08. The van der Waals surface area contributed by atoms with Crippen LogP contribution in [0.25, 0.3) is 43.8 Å². The van der Waals surface area contributed by atoms with Crippen molar-refractivity contribution in [3.05, 3.63) is 215 Å². The van der Waals surface area contributed by atoms with Gasteiger partial charge in [0.1, 0.15) is 0 Å². The van der Waals surface area contributed by atoms with Crippen LogP contribution in [0.1, 0.15) is 61.1 Å². The maximum absolute atomic E-state index is 2.49. The topological polar surface area (TPSA) is 6.48 Å². The zero-order valence-electron chi connectivity index (χ0n) is 35.2. The van der Waals surface area contributed by atoms with E-state index in [0.29, 0.717) is 0 Å². The van der Waals surface area contributed by atoms with Gasteiger partial charge in [-0.1, -0.05) is 149 Å². The monoisotopic (exact) mass is 772 g/mol. The molecule has 2 heteroatoms. The lowest BCUT2D eigenvalue weighted by Gasteiger charge is -2.32. The first-order valence-corrected chi connectivity index (χ1v) is 21.3. The maximum Gasteiger partial charge on any atom is 0.0540 e. The first-order valence-electron chi connectivity index (χ1n) is 21.3. The van der Waals surface area contributed by atoms with Crippen molar-refractivity contribution in [2.75, 3.05) is 9.80 Å². The van der Waals surface area contributed by atoms with Crippen molar-refractivity contribution in [1.82, 2.24) is 0 Å². The minimum atomic E-state index is -0.243. The van der Waals surface area contributed by atoms with E-state index in [1.807, 2.05) is 0 Å². The summed E-state index contributed by atoms with van der Waals surface area (Å²) in [6.07, 6.45) is 0. The summed E-state index contributed by atoms with van der Waals surface area (Å²) in [5, 5.41) is 4.95. The SMILES string of the molecule is Cc1cc(N(c2ccccc2)c2cccc3ccccc23)cc2c1-c1ccc3c(c1C2(C)C)C(C)(C)c1cc(N(c2ccccc2)c2cccc4ccccc24)cc(C)c1-3. The van der Waals surface area contributed by atoms with Gasteiger partial charge in [0.15, 0.2) is 0 Å². The van der Waals surface area contributed by atoms with Crippen LogP contribution in [0.5, 0.6) is 0 Å². The van der Waals surface area contributed by atoms with E-state index in [4.69, 9.17) is 0 Å². The predicted molar refractivity (Wildman–Crippen MR) is 255 cm³/mol. The van der Waals surface area contributed by atoms with Crippen molar-refractivity contribution in [1.29, 1.82) is 0 Å². The summed E-state index contributed by atoms with van der Waals surface area (Å²) in [4.78, 5) is 4.91. The minimum Gasteiger partial charge on any atom is -0.310 e. The lowest BCUT2D eigenvalue weighted by atomic mass is 9.72. The highest BCUT2D eigenvalue weighted by Gasteiger charge is 2.47. The van der Waals surface area contributed by atoms with Crippen molar-refractivity contribution in [2.45, 2.75) is 52.4 Å². The molecular weight excluding hydrogens is 725 g/mol. The highest BCUT2D eigenvalue weighted by Crippen LogP contribution is 2.61. The maximum atomic E-state index is 2.49. The third kappa shape index (κ3) is 5.26. The fourth-order valence-electron chi connectivity index (χ4n) is 10.9. The Morgan fingerprint density at radius 2 is 0.717 bits per heavy atom. The first kappa shape index (κ1) is 36.2. The number of hydrogen-bond acceptors (Lipinski definition) is 2. The van der Waals surface area contributed by atoms with E-state index < -0.39 is 0 Å². The summed E-state index contributed by atoms with van der Waals surface area (Å²) in [6.45, 7) is 14.5. The molecule has 0 spiro atoms. The molecule has 0 unspecified atom stereocenters. The Bertz CT molecular complexity index is 2950. The average Bonchev–Trinajstić information content (AvgIpc) is 3.64. The van der Waals surface area contributed by atoms with E-state index in [0.717, 1.165) is 11.4 Å². The van der Waals surface area contributed by atoms with Crippen LogP contribution in [0, 0.1) is 13.8 Å². The second-order valence-electron chi connectivity index (χ2n) is 17.9. The van der Waals surface area contributed by atoms with Gasteiger partial charge >= 0.3 is 0 Å². The minimum absolute atomic E-state index is 0.243. The number of hydrogen-bond donors (Lipinski definition) is 0. The molecule has 9 aromatic carbocycles. The molecule has 0 fully saturated rings. The molecule has 0 atom stereocenters. The average molecular weight is 773 g/mol. The van der Waals surface area contributed by atoms with Crippen molar-refractivity contribution in [3.8, 4) is 22.3 Å². The molecule has 0 saturated carbocycles. The molecule has 0 bridgehead atoms. The second kappa shape index (κ2) is 13.3. The third-order valence-corrected chi connectivity index (χ3v) is 13.5. The number of rotatable bonds is 6. The zero-order valence-corrected chi connectivity index (χ0v) is 35.2. The summed E-state index contributed by atoms with van der Waals surface area (Å²) in [6, 6.07) is 67.2. The molecule has 290 valence electrons. The van der Waals surface area contributed by atoms with Gasteiger partial charge in [0.25, 0.3) is 0 Å². The molecule has 0 N–H and O–H groups in total. The van der Waals surface area contributed by atoms with Crippen molar-refractivity contribution >= 4 is 55.7 Å². The van der Waals surface area contributed by atoms with E-state index in [-0.39, 0.29) is 10.8 Å². The third-order valence-electron chi connectivity index (χ3n) is 13.5. The predicted octanol–water partition coefficient (Wildman–Crippen LogP) is 16.2. The fraction of sp³-hybridized carbons (Fsp3) is 0.138. The van der Waals surface area contributed by atoms with Crippen LogP contribution in [-0.2, 0) is 10.8 Å². The Hall–Kier alpha value is -6.90. The molecule has 2 nitrogen and oxygen atoms in total. The van der Waals surface area contributed by atoms with Crippen LogP contribution >= 0.6 is 0 Å². The molecule has 0 aliphatic heterocycles. The summed E-state index contributed by atoms with van der Waals surface area (Å²) in [5.74, 6) is 0. The van der Waals surface area contributed by atoms with E-state index in [1.54, 1.807) is 0 Å². The fourth-order valence-corrected chi connectivity index (χ4v) is 10.9. The number of nitrogens with zero attached hydrogens (tertiary/aromatic N) is 2. The largest absolute Gasteiger partial charge is 0.310 e. The van der Waals surface area contributed by atoms with Crippen LogP contribution in [0.4, 0.5) is 34.1 Å². The van der Waals surface area contributed by atoms with Crippen LogP contribution in [-0.4, -0.2) is 0 Å². The molecule has 11 rings (SSSR count). The number of fused-ring (bicyclic) bond motifs is 9. The Morgan fingerprint density at radius 3 is 1.13 bits per heavy atom. The lowest BCUT2D eigenvalue weighted by molar-refractivity contribution is 0.601. The van der Waals surface area contributed by atoms with Crippen molar-refractivity contribution in [2.24, 2.45) is 0 Å². The van der Waals surface area contributed by atoms with E-state index in [2.05, 4.69) is 233 Å². The smallest absolute Gasteiger partial charge is 0.0540 e. The Kier molecular flexibility index (Phi) is 8.03. The van der Waals surface area contributed by atoms with E-state index >= 15 is 0 Å². The van der Waals surface area contributed by atoms with Gasteiger partial charge in [0.05, 0.1) is 11.4 Å². The summed E-state index contributed by atoms with van der Waals surface area (Å²) < 4.78 is 0. The van der Waals surface area contributed by atoms with Crippen LogP contribution < -0.4 is 9.80 Å². The van der Waals surface area contributed by atoms with Gasteiger partial charge in [-0.15, -0.1) is 0 Å². The number of para-hydroxylation sites is 2. The number of anilines is 6. The Morgan fingerprint density at radius 1 is 0.350 bits per heavy atom.